The molecule has 1 aromatic carbocycles. The number of aromatic nitrogens is 4. The van der Waals surface area contributed by atoms with Crippen molar-refractivity contribution in [1.82, 2.24) is 19.6 Å². The summed E-state index contributed by atoms with van der Waals surface area (Å²) in [7, 11) is 0. The summed E-state index contributed by atoms with van der Waals surface area (Å²) in [5.41, 5.74) is 5.36. The minimum Gasteiger partial charge on any atom is -0.477 e. The standard InChI is InChI=1S/C18H13N5O2/c24-17(25)16-10-12-4-1-2-6-15(12)23(16)22-18-20-9-7-14(21-18)13-5-3-8-19-11-13/h1-11H,(H,24,25)(H,20,21,22). The van der Waals surface area contributed by atoms with Crippen LogP contribution in [0.1, 0.15) is 10.5 Å². The molecular formula is C18H13N5O2. The van der Waals surface area contributed by atoms with Gasteiger partial charge in [-0.05, 0) is 30.3 Å². The quantitative estimate of drug-likeness (QED) is 0.597. The van der Waals surface area contributed by atoms with Crippen LogP contribution < -0.4 is 5.43 Å². The van der Waals surface area contributed by atoms with Crippen LogP contribution in [0.25, 0.3) is 22.2 Å². The van der Waals surface area contributed by atoms with Crippen molar-refractivity contribution in [2.24, 2.45) is 0 Å². The summed E-state index contributed by atoms with van der Waals surface area (Å²) < 4.78 is 1.47. The van der Waals surface area contributed by atoms with E-state index in [4.69, 9.17) is 0 Å². The molecule has 3 heterocycles. The molecule has 122 valence electrons. The highest BCUT2D eigenvalue weighted by Gasteiger charge is 2.15. The van der Waals surface area contributed by atoms with Crippen molar-refractivity contribution >= 4 is 22.8 Å². The average Bonchev–Trinajstić information content (AvgIpc) is 3.02. The van der Waals surface area contributed by atoms with Gasteiger partial charge >= 0.3 is 5.97 Å². The first-order valence-corrected chi connectivity index (χ1v) is 7.56. The third-order valence-electron chi connectivity index (χ3n) is 3.75. The monoisotopic (exact) mass is 331 g/mol. The Morgan fingerprint density at radius 1 is 1.08 bits per heavy atom. The summed E-state index contributed by atoms with van der Waals surface area (Å²) in [6.45, 7) is 0. The van der Waals surface area contributed by atoms with Crippen LogP contribution in [0.3, 0.4) is 0 Å². The first-order valence-electron chi connectivity index (χ1n) is 7.56. The number of fused-ring (bicyclic) bond motifs is 1. The molecule has 7 nitrogen and oxygen atoms in total. The molecule has 0 radical (unpaired) electrons. The lowest BCUT2D eigenvalue weighted by molar-refractivity contribution is 0.0687. The van der Waals surface area contributed by atoms with E-state index in [1.165, 1.54) is 4.68 Å². The van der Waals surface area contributed by atoms with Gasteiger partial charge < -0.3 is 5.11 Å². The second-order valence-electron chi connectivity index (χ2n) is 5.35. The minimum atomic E-state index is -1.04. The summed E-state index contributed by atoms with van der Waals surface area (Å²) in [4.78, 5) is 24.3. The third-order valence-corrected chi connectivity index (χ3v) is 3.75. The zero-order valence-corrected chi connectivity index (χ0v) is 13.0. The SMILES string of the molecule is O=C(O)c1cc2ccccc2n1Nc1nccc(-c2cccnc2)n1. The summed E-state index contributed by atoms with van der Waals surface area (Å²) in [6, 6.07) is 14.5. The van der Waals surface area contributed by atoms with Crippen molar-refractivity contribution in [1.29, 1.82) is 0 Å². The second kappa shape index (κ2) is 6.04. The molecule has 25 heavy (non-hydrogen) atoms. The molecule has 0 amide bonds. The molecule has 0 aliphatic carbocycles. The number of carboxylic acid groups (broad SMARTS) is 1. The first kappa shape index (κ1) is 14.8. The molecule has 2 N–H and O–H groups in total. The van der Waals surface area contributed by atoms with Gasteiger partial charge in [-0.25, -0.2) is 19.4 Å². The van der Waals surface area contributed by atoms with Gasteiger partial charge in [-0.3, -0.25) is 10.4 Å². The van der Waals surface area contributed by atoms with Gasteiger partial charge in [0.2, 0.25) is 5.95 Å². The number of carboxylic acids is 1. The van der Waals surface area contributed by atoms with Gasteiger partial charge in [-0.15, -0.1) is 0 Å². The van der Waals surface area contributed by atoms with E-state index >= 15 is 0 Å². The van der Waals surface area contributed by atoms with Crippen molar-refractivity contribution in [2.75, 3.05) is 5.43 Å². The number of aromatic carboxylic acids is 1. The maximum Gasteiger partial charge on any atom is 0.354 e. The van der Waals surface area contributed by atoms with Crippen LogP contribution in [-0.2, 0) is 0 Å². The van der Waals surface area contributed by atoms with E-state index in [1.54, 1.807) is 30.7 Å². The van der Waals surface area contributed by atoms with E-state index in [0.717, 1.165) is 16.5 Å². The molecule has 0 aliphatic rings. The predicted molar refractivity (Wildman–Crippen MR) is 93.2 cm³/mol. The highest BCUT2D eigenvalue weighted by atomic mass is 16.4. The predicted octanol–water partition coefficient (Wildman–Crippen LogP) is 3.07. The van der Waals surface area contributed by atoms with Gasteiger partial charge in [0.05, 0.1) is 11.2 Å². The number of hydrogen-bond acceptors (Lipinski definition) is 5. The zero-order chi connectivity index (χ0) is 17.2. The number of para-hydroxylation sites is 1. The van der Waals surface area contributed by atoms with Crippen molar-refractivity contribution in [3.8, 4) is 11.3 Å². The molecule has 4 aromatic rings. The smallest absolute Gasteiger partial charge is 0.354 e. The van der Waals surface area contributed by atoms with Crippen molar-refractivity contribution in [3.63, 3.8) is 0 Å². The first-order chi connectivity index (χ1) is 12.2. The lowest BCUT2D eigenvalue weighted by atomic mass is 10.2. The Labute approximate surface area is 142 Å². The molecule has 0 spiro atoms. The van der Waals surface area contributed by atoms with Crippen LogP contribution in [0, 0.1) is 0 Å². The summed E-state index contributed by atoms with van der Waals surface area (Å²) in [5, 5.41) is 10.3. The molecule has 0 fully saturated rings. The number of hydrogen-bond donors (Lipinski definition) is 2. The molecular weight excluding hydrogens is 318 g/mol. The fraction of sp³-hybridized carbons (Fsp3) is 0. The number of anilines is 1. The Kier molecular flexibility index (Phi) is 3.59. The Morgan fingerprint density at radius 2 is 1.96 bits per heavy atom. The van der Waals surface area contributed by atoms with Gasteiger partial charge in [-0.1, -0.05) is 18.2 Å². The molecule has 0 saturated carbocycles. The maximum atomic E-state index is 11.6. The fourth-order valence-corrected chi connectivity index (χ4v) is 2.62. The van der Waals surface area contributed by atoms with E-state index < -0.39 is 5.97 Å². The highest BCUT2D eigenvalue weighted by Crippen LogP contribution is 2.21. The van der Waals surface area contributed by atoms with Gasteiger partial charge in [0, 0.05) is 29.5 Å². The molecule has 0 bridgehead atoms. The van der Waals surface area contributed by atoms with Crippen LogP contribution in [0.15, 0.2) is 67.1 Å². The van der Waals surface area contributed by atoms with Gasteiger partial charge in [0.1, 0.15) is 5.69 Å². The lowest BCUT2D eigenvalue weighted by Crippen LogP contribution is -2.17. The Morgan fingerprint density at radius 3 is 2.76 bits per heavy atom. The second-order valence-corrected chi connectivity index (χ2v) is 5.35. The molecule has 0 aliphatic heterocycles. The number of nitrogens with one attached hydrogen (secondary N) is 1. The van der Waals surface area contributed by atoms with Crippen LogP contribution in [0.4, 0.5) is 5.95 Å². The fourth-order valence-electron chi connectivity index (χ4n) is 2.62. The maximum absolute atomic E-state index is 11.6. The van der Waals surface area contributed by atoms with Crippen molar-refractivity contribution < 1.29 is 9.90 Å². The van der Waals surface area contributed by atoms with Crippen LogP contribution >= 0.6 is 0 Å². The molecule has 0 saturated heterocycles. The molecule has 7 heteroatoms. The molecule has 3 aromatic heterocycles. The number of nitrogens with zero attached hydrogens (tertiary/aromatic N) is 4. The number of rotatable bonds is 4. The zero-order valence-electron chi connectivity index (χ0n) is 13.0. The third kappa shape index (κ3) is 2.78. The Balaban J connectivity index is 1.77. The minimum absolute atomic E-state index is 0.108. The molecule has 4 rings (SSSR count). The van der Waals surface area contributed by atoms with E-state index in [9.17, 15) is 9.90 Å². The normalized spacial score (nSPS) is 10.7. The van der Waals surface area contributed by atoms with Crippen LogP contribution in [0.2, 0.25) is 0 Å². The van der Waals surface area contributed by atoms with E-state index in [0.29, 0.717) is 11.6 Å². The molecule has 0 atom stereocenters. The topological polar surface area (TPSA) is 92.9 Å². The summed E-state index contributed by atoms with van der Waals surface area (Å²) in [5.74, 6) is -0.739. The Hall–Kier alpha value is -3.74. The van der Waals surface area contributed by atoms with Crippen molar-refractivity contribution in [3.05, 3.63) is 72.8 Å². The largest absolute Gasteiger partial charge is 0.477 e. The number of carbonyl (C=O) groups is 1. The average molecular weight is 331 g/mol. The van der Waals surface area contributed by atoms with Crippen LogP contribution in [-0.4, -0.2) is 30.7 Å². The summed E-state index contributed by atoms with van der Waals surface area (Å²) >= 11 is 0. The number of benzene rings is 1. The van der Waals surface area contributed by atoms with E-state index in [2.05, 4.69) is 20.4 Å². The Bertz CT molecular complexity index is 1060. The van der Waals surface area contributed by atoms with E-state index in [-0.39, 0.29) is 5.69 Å². The highest BCUT2D eigenvalue weighted by molar-refractivity contribution is 5.95. The van der Waals surface area contributed by atoms with Crippen LogP contribution in [0.5, 0.6) is 0 Å². The van der Waals surface area contributed by atoms with E-state index in [1.807, 2.05) is 36.4 Å². The van der Waals surface area contributed by atoms with Gasteiger partial charge in [0.25, 0.3) is 0 Å². The lowest BCUT2D eigenvalue weighted by Gasteiger charge is -2.11. The number of pyridine rings is 1. The summed E-state index contributed by atoms with van der Waals surface area (Å²) in [6.07, 6.45) is 5.01. The van der Waals surface area contributed by atoms with Gasteiger partial charge in [0.15, 0.2) is 0 Å². The molecule has 0 unspecified atom stereocenters. The van der Waals surface area contributed by atoms with Crippen molar-refractivity contribution in [2.45, 2.75) is 0 Å². The van der Waals surface area contributed by atoms with Gasteiger partial charge in [-0.2, -0.15) is 0 Å².